The highest BCUT2D eigenvalue weighted by atomic mass is 16.3. The van der Waals surface area contributed by atoms with Crippen LogP contribution in [0.3, 0.4) is 0 Å². The minimum absolute atomic E-state index is 0.0633. The molecule has 1 aromatic heterocycles. The van der Waals surface area contributed by atoms with E-state index in [0.717, 1.165) is 5.69 Å². The Morgan fingerprint density at radius 1 is 1.50 bits per heavy atom. The van der Waals surface area contributed by atoms with Crippen LogP contribution in [0.5, 0.6) is 0 Å². The minimum atomic E-state index is -0.372. The summed E-state index contributed by atoms with van der Waals surface area (Å²) < 4.78 is 0. The highest BCUT2D eigenvalue weighted by molar-refractivity contribution is 5.33. The Kier molecular flexibility index (Phi) is 4.20. The molecule has 5 heteroatoms. The monoisotopic (exact) mass is 220 g/mol. The summed E-state index contributed by atoms with van der Waals surface area (Å²) in [6.45, 7) is 5.48. The average Bonchev–Trinajstić information content (AvgIpc) is 2.14. The number of rotatable bonds is 4. The second-order valence-electron chi connectivity index (χ2n) is 3.96. The molecule has 0 saturated carbocycles. The van der Waals surface area contributed by atoms with Gasteiger partial charge in [-0.3, -0.25) is 0 Å². The van der Waals surface area contributed by atoms with Crippen molar-refractivity contribution in [1.29, 1.82) is 5.26 Å². The second-order valence-corrected chi connectivity index (χ2v) is 3.96. The molecule has 0 bridgehead atoms. The lowest BCUT2D eigenvalue weighted by atomic mass is 10.2. The van der Waals surface area contributed by atoms with E-state index >= 15 is 0 Å². The molecule has 0 fully saturated rings. The summed E-state index contributed by atoms with van der Waals surface area (Å²) in [4.78, 5) is 8.21. The molecule has 0 spiro atoms. The number of anilines is 1. The van der Waals surface area contributed by atoms with E-state index in [0.29, 0.717) is 18.1 Å². The van der Waals surface area contributed by atoms with Crippen molar-refractivity contribution < 1.29 is 5.11 Å². The molecule has 0 aliphatic carbocycles. The Bertz CT molecular complexity index is 397. The third-order valence-corrected chi connectivity index (χ3v) is 2.04. The van der Waals surface area contributed by atoms with Crippen LogP contribution >= 0.6 is 0 Å². The van der Waals surface area contributed by atoms with Gasteiger partial charge in [0.15, 0.2) is 0 Å². The third-order valence-electron chi connectivity index (χ3n) is 2.04. The molecule has 0 saturated heterocycles. The molecule has 86 valence electrons. The summed E-state index contributed by atoms with van der Waals surface area (Å²) in [6.07, 6.45) is 0.238. The van der Waals surface area contributed by atoms with Crippen LogP contribution in [0, 0.1) is 18.3 Å². The fraction of sp³-hybridized carbons (Fsp3) is 0.545. The summed E-state index contributed by atoms with van der Waals surface area (Å²) >= 11 is 0. The van der Waals surface area contributed by atoms with Crippen molar-refractivity contribution in [3.8, 4) is 6.07 Å². The van der Waals surface area contributed by atoms with E-state index in [9.17, 15) is 5.11 Å². The van der Waals surface area contributed by atoms with Crippen molar-refractivity contribution in [2.45, 2.75) is 39.3 Å². The Labute approximate surface area is 95.2 Å². The van der Waals surface area contributed by atoms with Crippen molar-refractivity contribution >= 4 is 5.95 Å². The maximum atomic E-state index is 9.22. The van der Waals surface area contributed by atoms with Crippen molar-refractivity contribution in [2.24, 2.45) is 0 Å². The molecule has 0 radical (unpaired) electrons. The summed E-state index contributed by atoms with van der Waals surface area (Å²) in [5, 5.41) is 21.0. The van der Waals surface area contributed by atoms with Crippen molar-refractivity contribution in [3.63, 3.8) is 0 Å². The van der Waals surface area contributed by atoms with E-state index in [1.165, 1.54) is 0 Å². The Balaban J connectivity index is 2.74. The van der Waals surface area contributed by atoms with E-state index in [2.05, 4.69) is 15.3 Å². The molecular formula is C11H16N4O. The first-order chi connectivity index (χ1) is 7.51. The number of nitrogens with one attached hydrogen (secondary N) is 1. The molecule has 2 unspecified atom stereocenters. The number of aromatic nitrogens is 2. The smallest absolute Gasteiger partial charge is 0.224 e. The predicted molar refractivity (Wildman–Crippen MR) is 60.9 cm³/mol. The van der Waals surface area contributed by atoms with Crippen molar-refractivity contribution in [1.82, 2.24) is 9.97 Å². The largest absolute Gasteiger partial charge is 0.393 e. The molecule has 0 aromatic carbocycles. The first kappa shape index (κ1) is 12.4. The summed E-state index contributed by atoms with van der Waals surface area (Å²) in [5.74, 6) is 0.435. The standard InChI is InChI=1S/C11H16N4O/c1-7(4-9(3)16)13-11-14-8(2)5-10(6-12)15-11/h5,7,9,16H,4H2,1-3H3,(H,13,14,15). The molecule has 16 heavy (non-hydrogen) atoms. The van der Waals surface area contributed by atoms with Crippen LogP contribution in [0.2, 0.25) is 0 Å². The zero-order valence-electron chi connectivity index (χ0n) is 9.73. The number of aryl methyl sites for hydroxylation is 1. The van der Waals surface area contributed by atoms with E-state index in [4.69, 9.17) is 5.26 Å². The molecule has 1 heterocycles. The van der Waals surface area contributed by atoms with Gasteiger partial charge in [0.05, 0.1) is 6.10 Å². The maximum absolute atomic E-state index is 9.22. The zero-order valence-corrected chi connectivity index (χ0v) is 9.73. The predicted octanol–water partition coefficient (Wildman–Crippen LogP) is 1.23. The van der Waals surface area contributed by atoms with Gasteiger partial charge in [-0.05, 0) is 33.3 Å². The van der Waals surface area contributed by atoms with Crippen molar-refractivity contribution in [3.05, 3.63) is 17.5 Å². The Hall–Kier alpha value is -1.67. The fourth-order valence-electron chi connectivity index (χ4n) is 1.48. The molecule has 0 amide bonds. The molecule has 2 atom stereocenters. The highest BCUT2D eigenvalue weighted by Crippen LogP contribution is 2.07. The third kappa shape index (κ3) is 3.83. The van der Waals surface area contributed by atoms with Crippen molar-refractivity contribution in [2.75, 3.05) is 5.32 Å². The normalized spacial score (nSPS) is 13.9. The molecule has 2 N–H and O–H groups in total. The number of nitrogens with zero attached hydrogens (tertiary/aromatic N) is 3. The SMILES string of the molecule is Cc1cc(C#N)nc(NC(C)CC(C)O)n1. The quantitative estimate of drug-likeness (QED) is 0.797. The van der Waals surface area contributed by atoms with Gasteiger partial charge in [-0.2, -0.15) is 5.26 Å². The van der Waals surface area contributed by atoms with Gasteiger partial charge in [-0.25, -0.2) is 9.97 Å². The first-order valence-corrected chi connectivity index (χ1v) is 5.21. The van der Waals surface area contributed by atoms with Gasteiger partial charge in [0.2, 0.25) is 5.95 Å². The van der Waals surface area contributed by atoms with Crippen LogP contribution in [-0.2, 0) is 0 Å². The highest BCUT2D eigenvalue weighted by Gasteiger charge is 2.08. The van der Waals surface area contributed by atoms with Crippen LogP contribution in [0.4, 0.5) is 5.95 Å². The van der Waals surface area contributed by atoms with Gasteiger partial charge in [0.1, 0.15) is 11.8 Å². The molecule has 0 aliphatic heterocycles. The van der Waals surface area contributed by atoms with Crippen LogP contribution in [0.15, 0.2) is 6.07 Å². The number of aliphatic hydroxyl groups is 1. The van der Waals surface area contributed by atoms with Crippen LogP contribution < -0.4 is 5.32 Å². The Morgan fingerprint density at radius 3 is 2.75 bits per heavy atom. The van der Waals surface area contributed by atoms with Gasteiger partial charge in [-0.15, -0.1) is 0 Å². The average molecular weight is 220 g/mol. The second kappa shape index (κ2) is 5.42. The van der Waals surface area contributed by atoms with Crippen LogP contribution in [0.1, 0.15) is 31.7 Å². The molecule has 5 nitrogen and oxygen atoms in total. The van der Waals surface area contributed by atoms with Gasteiger partial charge < -0.3 is 10.4 Å². The lowest BCUT2D eigenvalue weighted by molar-refractivity contribution is 0.179. The summed E-state index contributed by atoms with van der Waals surface area (Å²) in [5.41, 5.74) is 1.09. The van der Waals surface area contributed by atoms with E-state index < -0.39 is 0 Å². The minimum Gasteiger partial charge on any atom is -0.393 e. The lowest BCUT2D eigenvalue weighted by Crippen LogP contribution is -2.22. The topological polar surface area (TPSA) is 81.8 Å². The fourth-order valence-corrected chi connectivity index (χ4v) is 1.48. The van der Waals surface area contributed by atoms with E-state index in [1.54, 1.807) is 13.0 Å². The van der Waals surface area contributed by atoms with E-state index in [1.807, 2.05) is 19.9 Å². The van der Waals surface area contributed by atoms with Gasteiger partial charge in [0.25, 0.3) is 0 Å². The van der Waals surface area contributed by atoms with Gasteiger partial charge in [-0.1, -0.05) is 0 Å². The molecule has 0 aliphatic rings. The maximum Gasteiger partial charge on any atom is 0.224 e. The zero-order chi connectivity index (χ0) is 12.1. The first-order valence-electron chi connectivity index (χ1n) is 5.21. The summed E-state index contributed by atoms with van der Waals surface area (Å²) in [6, 6.07) is 3.67. The molecule has 1 aromatic rings. The van der Waals surface area contributed by atoms with Gasteiger partial charge in [0, 0.05) is 11.7 Å². The van der Waals surface area contributed by atoms with E-state index in [-0.39, 0.29) is 12.1 Å². The number of hydrogen-bond donors (Lipinski definition) is 2. The number of hydrogen-bond acceptors (Lipinski definition) is 5. The number of aliphatic hydroxyl groups excluding tert-OH is 1. The molecule has 1 rings (SSSR count). The van der Waals surface area contributed by atoms with Crippen LogP contribution in [0.25, 0.3) is 0 Å². The molecular weight excluding hydrogens is 204 g/mol. The Morgan fingerprint density at radius 2 is 2.19 bits per heavy atom. The summed E-state index contributed by atoms with van der Waals surface area (Å²) in [7, 11) is 0. The number of nitriles is 1. The van der Waals surface area contributed by atoms with Gasteiger partial charge >= 0.3 is 0 Å². The lowest BCUT2D eigenvalue weighted by Gasteiger charge is -2.15. The van der Waals surface area contributed by atoms with Crippen LogP contribution in [-0.4, -0.2) is 27.2 Å².